The zero-order chi connectivity index (χ0) is 27.8. The molecule has 1 heterocycles. The fourth-order valence-electron chi connectivity index (χ4n) is 3.70. The molecule has 0 bridgehead atoms. The van der Waals surface area contributed by atoms with Crippen LogP contribution in [0.25, 0.3) is 28.3 Å². The minimum absolute atomic E-state index is 0.211. The molecule has 8 nitrogen and oxygen atoms in total. The normalized spacial score (nSPS) is 11.2. The first kappa shape index (κ1) is 27.3. The number of hydrogen-bond acceptors (Lipinski definition) is 8. The number of aliphatic hydroxyl groups excluding tert-OH is 1. The van der Waals surface area contributed by atoms with Crippen LogP contribution >= 0.6 is 11.8 Å². The maximum Gasteiger partial charge on any atom is 0.376 e. The van der Waals surface area contributed by atoms with Crippen LogP contribution in [0.3, 0.4) is 0 Å². The van der Waals surface area contributed by atoms with Crippen molar-refractivity contribution in [1.29, 1.82) is 0 Å². The number of carbonyl (C=O) groups is 3. The van der Waals surface area contributed by atoms with Crippen LogP contribution in [0.5, 0.6) is 0 Å². The van der Waals surface area contributed by atoms with Gasteiger partial charge in [-0.3, -0.25) is 4.79 Å². The molecule has 196 valence electrons. The Morgan fingerprint density at radius 2 is 1.36 bits per heavy atom. The zero-order valence-electron chi connectivity index (χ0n) is 20.9. The third-order valence-electron chi connectivity index (χ3n) is 5.56. The second kappa shape index (κ2) is 12.7. The van der Waals surface area contributed by atoms with Crippen molar-refractivity contribution in [2.24, 2.45) is 0 Å². The van der Waals surface area contributed by atoms with E-state index in [0.29, 0.717) is 39.5 Å². The number of ether oxygens (including phenoxy) is 1. The van der Waals surface area contributed by atoms with Gasteiger partial charge >= 0.3 is 11.9 Å². The Morgan fingerprint density at radius 3 is 1.85 bits per heavy atom. The Balaban J connectivity index is 1.69. The highest BCUT2D eigenvalue weighted by molar-refractivity contribution is 7.98. The number of ketones is 1. The summed E-state index contributed by atoms with van der Waals surface area (Å²) in [7, 11) is 0. The maximum atomic E-state index is 13.1. The number of benzene rings is 3. The molecule has 2 N–H and O–H groups in total. The number of carboxylic acids is 1. The Hall–Kier alpha value is -4.76. The number of esters is 1. The lowest BCUT2D eigenvalue weighted by Gasteiger charge is -2.15. The second-order valence-corrected chi connectivity index (χ2v) is 9.16. The number of thioether (sulfide) groups is 1. The van der Waals surface area contributed by atoms with E-state index in [0.717, 1.165) is 16.7 Å². The predicted molar refractivity (Wildman–Crippen MR) is 148 cm³/mol. The van der Waals surface area contributed by atoms with E-state index in [9.17, 15) is 19.5 Å². The van der Waals surface area contributed by atoms with E-state index in [4.69, 9.17) is 19.8 Å². The molecule has 1 aromatic heterocycles. The molecule has 0 saturated carbocycles. The third kappa shape index (κ3) is 6.77. The van der Waals surface area contributed by atoms with E-state index in [1.54, 1.807) is 31.2 Å². The number of aliphatic hydroxyl groups is 1. The lowest BCUT2D eigenvalue weighted by atomic mass is 10.0. The van der Waals surface area contributed by atoms with Gasteiger partial charge in [0.25, 0.3) is 5.78 Å². The van der Waals surface area contributed by atoms with E-state index < -0.39 is 23.5 Å². The Bertz CT molecular complexity index is 1460. The van der Waals surface area contributed by atoms with E-state index in [-0.39, 0.29) is 6.61 Å². The average Bonchev–Trinajstić information content (AvgIpc) is 2.96. The molecule has 0 fully saturated rings. The molecule has 0 radical (unpaired) electrons. The first-order valence-electron chi connectivity index (χ1n) is 12.0. The first-order valence-corrected chi connectivity index (χ1v) is 13.0. The zero-order valence-corrected chi connectivity index (χ0v) is 21.7. The molecule has 0 amide bonds. The lowest BCUT2D eigenvalue weighted by molar-refractivity contribution is -0.146. The van der Waals surface area contributed by atoms with E-state index >= 15 is 0 Å². The summed E-state index contributed by atoms with van der Waals surface area (Å²) in [5.41, 5.74) is 3.93. The fraction of sp³-hybridized carbons (Fsp3) is 0.100. The SMILES string of the molecule is CCOC(=O)c1c(-c2ccccc2)nc(SCc2ccc(/C(O)=C/C(=O)C(=O)O)cc2)nc1-c1ccccc1. The van der Waals surface area contributed by atoms with Crippen molar-refractivity contribution in [1.82, 2.24) is 9.97 Å². The smallest absolute Gasteiger partial charge is 0.376 e. The van der Waals surface area contributed by atoms with Crippen LogP contribution in [-0.2, 0) is 20.1 Å². The number of nitrogens with zero attached hydrogens (tertiary/aromatic N) is 2. The van der Waals surface area contributed by atoms with Gasteiger partial charge in [0.2, 0.25) is 0 Å². The van der Waals surface area contributed by atoms with Crippen molar-refractivity contribution in [3.05, 3.63) is 108 Å². The van der Waals surface area contributed by atoms with E-state index in [1.807, 2.05) is 60.7 Å². The summed E-state index contributed by atoms with van der Waals surface area (Å²) in [6.45, 7) is 1.96. The van der Waals surface area contributed by atoms with Crippen molar-refractivity contribution < 1.29 is 29.3 Å². The number of carboxylic acid groups (broad SMARTS) is 1. The van der Waals surface area contributed by atoms with Gasteiger partial charge in [-0.2, -0.15) is 0 Å². The standard InChI is InChI=1S/C30H24N2O6S/c1-2-38-29(37)25-26(21-9-5-3-6-10-21)31-30(32-27(25)22-11-7-4-8-12-22)39-18-19-13-15-20(16-14-19)23(33)17-24(34)28(35)36/h3-17,33H,2,18H2,1H3,(H,35,36)/b23-17-. The van der Waals surface area contributed by atoms with Gasteiger partial charge in [0, 0.05) is 28.5 Å². The van der Waals surface area contributed by atoms with Gasteiger partial charge in [0.1, 0.15) is 11.3 Å². The second-order valence-electron chi connectivity index (χ2n) is 8.22. The van der Waals surface area contributed by atoms with Gasteiger partial charge < -0.3 is 14.9 Å². The summed E-state index contributed by atoms with van der Waals surface area (Å²) in [5, 5.41) is 19.2. The molecule has 0 saturated heterocycles. The number of rotatable bonds is 10. The summed E-state index contributed by atoms with van der Waals surface area (Å²) in [6, 6.07) is 25.4. The molecule has 0 spiro atoms. The molecule has 0 aliphatic carbocycles. The van der Waals surface area contributed by atoms with Crippen LogP contribution in [-0.4, -0.2) is 44.5 Å². The topological polar surface area (TPSA) is 127 Å². The van der Waals surface area contributed by atoms with Gasteiger partial charge in [-0.1, -0.05) is 96.7 Å². The Labute approximate surface area is 229 Å². The molecule has 39 heavy (non-hydrogen) atoms. The maximum absolute atomic E-state index is 13.1. The largest absolute Gasteiger partial charge is 0.507 e. The minimum Gasteiger partial charge on any atom is -0.507 e. The molecular formula is C30H24N2O6S. The summed E-state index contributed by atoms with van der Waals surface area (Å²) >= 11 is 1.37. The van der Waals surface area contributed by atoms with Crippen LogP contribution in [0.1, 0.15) is 28.4 Å². The molecule has 0 aliphatic heterocycles. The number of hydrogen-bond donors (Lipinski definition) is 2. The summed E-state index contributed by atoms with van der Waals surface area (Å²) < 4.78 is 5.38. The monoisotopic (exact) mass is 540 g/mol. The molecule has 4 rings (SSSR count). The Kier molecular flexibility index (Phi) is 8.86. The van der Waals surface area contributed by atoms with Gasteiger partial charge in [-0.05, 0) is 12.5 Å². The molecule has 0 atom stereocenters. The fourth-order valence-corrected chi connectivity index (χ4v) is 4.50. The highest BCUT2D eigenvalue weighted by Crippen LogP contribution is 2.33. The van der Waals surface area contributed by atoms with Gasteiger partial charge in [0.05, 0.1) is 18.0 Å². The van der Waals surface area contributed by atoms with E-state index in [2.05, 4.69) is 0 Å². The van der Waals surface area contributed by atoms with Gasteiger partial charge in [0.15, 0.2) is 5.16 Å². The van der Waals surface area contributed by atoms with Crippen LogP contribution in [0.2, 0.25) is 0 Å². The average molecular weight is 541 g/mol. The number of aliphatic carboxylic acids is 1. The first-order chi connectivity index (χ1) is 18.9. The van der Waals surface area contributed by atoms with Crippen molar-refractivity contribution in [2.75, 3.05) is 6.61 Å². The quantitative estimate of drug-likeness (QED) is 0.0637. The summed E-state index contributed by atoms with van der Waals surface area (Å²) in [6.07, 6.45) is 0.668. The molecule has 3 aromatic carbocycles. The van der Waals surface area contributed by atoms with Crippen molar-refractivity contribution in [2.45, 2.75) is 17.8 Å². The predicted octanol–water partition coefficient (Wildman–Crippen LogP) is 5.83. The highest BCUT2D eigenvalue weighted by atomic mass is 32.2. The summed E-state index contributed by atoms with van der Waals surface area (Å²) in [4.78, 5) is 44.7. The van der Waals surface area contributed by atoms with Crippen molar-refractivity contribution >= 4 is 35.2 Å². The molecule has 0 unspecified atom stereocenters. The van der Waals surface area contributed by atoms with Crippen LogP contribution < -0.4 is 0 Å². The van der Waals surface area contributed by atoms with Crippen LogP contribution in [0.4, 0.5) is 0 Å². The number of aromatic nitrogens is 2. The van der Waals surface area contributed by atoms with E-state index in [1.165, 1.54) is 11.8 Å². The lowest BCUT2D eigenvalue weighted by Crippen LogP contribution is -2.12. The third-order valence-corrected chi connectivity index (χ3v) is 6.48. The minimum atomic E-state index is -1.65. The van der Waals surface area contributed by atoms with Crippen LogP contribution in [0, 0.1) is 0 Å². The number of carbonyl (C=O) groups excluding carboxylic acids is 2. The van der Waals surface area contributed by atoms with Gasteiger partial charge in [-0.25, -0.2) is 19.6 Å². The molecule has 9 heteroatoms. The molecular weight excluding hydrogens is 516 g/mol. The van der Waals surface area contributed by atoms with Crippen molar-refractivity contribution in [3.8, 4) is 22.5 Å². The van der Waals surface area contributed by atoms with Crippen LogP contribution in [0.15, 0.2) is 96.2 Å². The highest BCUT2D eigenvalue weighted by Gasteiger charge is 2.24. The summed E-state index contributed by atoms with van der Waals surface area (Å²) in [5.74, 6) is -3.32. The Morgan fingerprint density at radius 1 is 0.821 bits per heavy atom. The molecule has 0 aliphatic rings. The van der Waals surface area contributed by atoms with Gasteiger partial charge in [-0.15, -0.1) is 0 Å². The van der Waals surface area contributed by atoms with Crippen molar-refractivity contribution in [3.63, 3.8) is 0 Å². The molecule has 4 aromatic rings.